The second-order valence-electron chi connectivity index (χ2n) is 6.44. The minimum atomic E-state index is 0.104. The molecule has 1 aliphatic rings. The number of aliphatic imine (C=N–C) groups is 1. The molecule has 25 heavy (non-hydrogen) atoms. The summed E-state index contributed by atoms with van der Waals surface area (Å²) in [6, 6.07) is 7.09. The van der Waals surface area contributed by atoms with Crippen molar-refractivity contribution in [1.29, 1.82) is 5.41 Å². The van der Waals surface area contributed by atoms with Crippen LogP contribution in [0, 0.1) is 11.3 Å². The van der Waals surface area contributed by atoms with Crippen LogP contribution in [0.5, 0.6) is 5.75 Å². The molecule has 0 spiro atoms. The third-order valence-electron chi connectivity index (χ3n) is 4.22. The van der Waals surface area contributed by atoms with Crippen molar-refractivity contribution in [2.75, 3.05) is 6.54 Å². The Hall–Kier alpha value is -2.01. The third kappa shape index (κ3) is 5.78. The number of amidine groups is 1. The lowest BCUT2D eigenvalue weighted by atomic mass is 9.98. The zero-order valence-corrected chi connectivity index (χ0v) is 15.7. The van der Waals surface area contributed by atoms with E-state index in [2.05, 4.69) is 24.2 Å². The van der Waals surface area contributed by atoms with Crippen LogP contribution in [-0.4, -0.2) is 18.1 Å². The molecule has 1 aromatic carbocycles. The quantitative estimate of drug-likeness (QED) is 0.596. The number of rotatable bonds is 8. The monoisotopic (exact) mass is 362 g/mol. The molecule has 1 atom stereocenters. The van der Waals surface area contributed by atoms with Gasteiger partial charge in [-0.05, 0) is 30.9 Å². The number of hydrogen-bond acceptors (Lipinski definition) is 4. The summed E-state index contributed by atoms with van der Waals surface area (Å²) in [6.07, 6.45) is 5.69. The zero-order valence-electron chi connectivity index (χ0n) is 14.9. The molecule has 0 fully saturated rings. The van der Waals surface area contributed by atoms with Crippen molar-refractivity contribution in [2.24, 2.45) is 16.6 Å². The van der Waals surface area contributed by atoms with Gasteiger partial charge in [-0.1, -0.05) is 56.8 Å². The highest BCUT2D eigenvalue weighted by molar-refractivity contribution is 6.32. The van der Waals surface area contributed by atoms with Crippen LogP contribution in [-0.2, 0) is 0 Å². The minimum absolute atomic E-state index is 0.104. The van der Waals surface area contributed by atoms with Gasteiger partial charge >= 0.3 is 0 Å². The Morgan fingerprint density at radius 1 is 1.40 bits per heavy atom. The number of benzene rings is 1. The molecule has 0 aromatic heterocycles. The average molecular weight is 363 g/mol. The van der Waals surface area contributed by atoms with E-state index >= 15 is 0 Å². The molecule has 1 aromatic rings. The first kappa shape index (κ1) is 19.3. The van der Waals surface area contributed by atoms with Gasteiger partial charge in [0.1, 0.15) is 11.4 Å². The van der Waals surface area contributed by atoms with Crippen molar-refractivity contribution in [3.63, 3.8) is 0 Å². The van der Waals surface area contributed by atoms with E-state index in [0.29, 0.717) is 23.0 Å². The maximum Gasteiger partial charge on any atom is 0.218 e. The van der Waals surface area contributed by atoms with Crippen LogP contribution >= 0.6 is 11.6 Å². The number of hydrogen-bond donors (Lipinski definition) is 3. The average Bonchev–Trinajstić information content (AvgIpc) is 2.57. The molecule has 1 aliphatic heterocycles. The van der Waals surface area contributed by atoms with E-state index in [4.69, 9.17) is 27.5 Å². The van der Waals surface area contributed by atoms with Crippen molar-refractivity contribution in [2.45, 2.75) is 46.0 Å². The second-order valence-corrected chi connectivity index (χ2v) is 6.85. The summed E-state index contributed by atoms with van der Waals surface area (Å²) in [4.78, 5) is 4.38. The fraction of sp³-hybridized carbons (Fsp3) is 0.474. The van der Waals surface area contributed by atoms with Gasteiger partial charge in [-0.3, -0.25) is 5.41 Å². The van der Waals surface area contributed by atoms with Crippen LogP contribution < -0.4 is 15.8 Å². The zero-order chi connectivity index (χ0) is 18.2. The summed E-state index contributed by atoms with van der Waals surface area (Å²) >= 11 is 6.07. The van der Waals surface area contributed by atoms with E-state index in [-0.39, 0.29) is 11.7 Å². The maximum atomic E-state index is 8.11. The van der Waals surface area contributed by atoms with E-state index in [0.717, 1.165) is 24.5 Å². The van der Waals surface area contributed by atoms with E-state index < -0.39 is 0 Å². The van der Waals surface area contributed by atoms with E-state index in [1.807, 2.05) is 12.1 Å². The molecule has 0 aliphatic carbocycles. The summed E-state index contributed by atoms with van der Waals surface area (Å²) < 4.78 is 5.58. The van der Waals surface area contributed by atoms with E-state index in [9.17, 15) is 0 Å². The van der Waals surface area contributed by atoms with Gasteiger partial charge in [0.25, 0.3) is 0 Å². The van der Waals surface area contributed by atoms with Crippen LogP contribution in [0.1, 0.15) is 46.0 Å². The lowest BCUT2D eigenvalue weighted by Crippen LogP contribution is -2.35. The highest BCUT2D eigenvalue weighted by atomic mass is 35.5. The van der Waals surface area contributed by atoms with Gasteiger partial charge in [0, 0.05) is 5.71 Å². The summed E-state index contributed by atoms with van der Waals surface area (Å²) in [5.41, 5.74) is 7.38. The summed E-state index contributed by atoms with van der Waals surface area (Å²) in [5.74, 6) is 1.42. The number of ether oxygens (including phenoxy) is 1. The topological polar surface area (TPSA) is 83.5 Å². The number of nitrogens with zero attached hydrogens (tertiary/aromatic N) is 1. The highest BCUT2D eigenvalue weighted by Gasteiger charge is 2.18. The van der Waals surface area contributed by atoms with Gasteiger partial charge in [0.15, 0.2) is 5.84 Å². The fourth-order valence-electron chi connectivity index (χ4n) is 2.86. The van der Waals surface area contributed by atoms with Gasteiger partial charge in [-0.15, -0.1) is 0 Å². The first-order valence-corrected chi connectivity index (χ1v) is 9.20. The number of nitrogens with two attached hydrogens (primary N) is 1. The molecule has 4 N–H and O–H groups in total. The van der Waals surface area contributed by atoms with Crippen LogP contribution in [0.4, 0.5) is 0 Å². The lowest BCUT2D eigenvalue weighted by Gasteiger charge is -2.20. The molecule has 0 saturated carbocycles. The third-order valence-corrected chi connectivity index (χ3v) is 4.53. The standard InChI is InChI=1S/C19H27ClN4O/c1-3-7-13(2)8-6-9-14-12-23-17(18(21)24-14)19(22)25-16-11-5-4-10-15(16)20/h4-5,10-11,13,21,23H,3,6-9,12,22H2,1-2H3. The molecule has 136 valence electrons. The first-order valence-electron chi connectivity index (χ1n) is 8.82. The summed E-state index contributed by atoms with van der Waals surface area (Å²) in [5, 5.41) is 11.7. The van der Waals surface area contributed by atoms with E-state index in [1.165, 1.54) is 19.3 Å². The predicted octanol–water partition coefficient (Wildman–Crippen LogP) is 4.47. The molecular weight excluding hydrogens is 336 g/mol. The Balaban J connectivity index is 1.94. The molecule has 0 bridgehead atoms. The van der Waals surface area contributed by atoms with Gasteiger partial charge in [-0.25, -0.2) is 4.99 Å². The molecule has 2 rings (SSSR count). The lowest BCUT2D eigenvalue weighted by molar-refractivity contribution is 0.411. The SMILES string of the molecule is CCCC(C)CCCC1=NC(=N)C(=C(N)Oc2ccccc2Cl)NC1. The Kier molecular flexibility index (Phi) is 7.31. The highest BCUT2D eigenvalue weighted by Crippen LogP contribution is 2.25. The Morgan fingerprint density at radius 3 is 2.84 bits per heavy atom. The largest absolute Gasteiger partial charge is 0.438 e. The van der Waals surface area contributed by atoms with E-state index in [1.54, 1.807) is 12.1 Å². The first-order chi connectivity index (χ1) is 12.0. The summed E-state index contributed by atoms with van der Waals surface area (Å²) in [7, 11) is 0. The van der Waals surface area contributed by atoms with Crippen molar-refractivity contribution < 1.29 is 4.74 Å². The molecule has 5 nitrogen and oxygen atoms in total. The molecule has 6 heteroatoms. The Bertz CT molecular complexity index is 669. The van der Waals surface area contributed by atoms with Crippen molar-refractivity contribution in [3.8, 4) is 5.75 Å². The number of halogens is 1. The van der Waals surface area contributed by atoms with Crippen LogP contribution in [0.2, 0.25) is 5.02 Å². The number of para-hydroxylation sites is 1. The van der Waals surface area contributed by atoms with Gasteiger partial charge in [-0.2, -0.15) is 0 Å². The number of nitrogens with one attached hydrogen (secondary N) is 2. The predicted molar refractivity (Wildman–Crippen MR) is 104 cm³/mol. The fourth-order valence-corrected chi connectivity index (χ4v) is 3.04. The second kappa shape index (κ2) is 9.47. The molecule has 0 amide bonds. The van der Waals surface area contributed by atoms with Crippen LogP contribution in [0.15, 0.2) is 40.8 Å². The van der Waals surface area contributed by atoms with Gasteiger partial charge in [0.05, 0.1) is 11.6 Å². The normalized spacial score (nSPS) is 17.6. The van der Waals surface area contributed by atoms with Crippen LogP contribution in [0.25, 0.3) is 0 Å². The molecule has 1 heterocycles. The summed E-state index contributed by atoms with van der Waals surface area (Å²) in [6.45, 7) is 5.10. The van der Waals surface area contributed by atoms with Gasteiger partial charge < -0.3 is 15.8 Å². The van der Waals surface area contributed by atoms with Crippen LogP contribution in [0.3, 0.4) is 0 Å². The Labute approximate surface area is 154 Å². The smallest absolute Gasteiger partial charge is 0.218 e. The molecular formula is C19H27ClN4O. The maximum absolute atomic E-state index is 8.11. The van der Waals surface area contributed by atoms with Gasteiger partial charge in [0.2, 0.25) is 5.88 Å². The minimum Gasteiger partial charge on any atom is -0.438 e. The molecule has 0 saturated heterocycles. The molecule has 1 unspecified atom stereocenters. The molecule has 0 radical (unpaired) electrons. The van der Waals surface area contributed by atoms with Crippen molar-refractivity contribution in [1.82, 2.24) is 5.32 Å². The van der Waals surface area contributed by atoms with Crippen molar-refractivity contribution in [3.05, 3.63) is 40.9 Å². The van der Waals surface area contributed by atoms with Crippen molar-refractivity contribution >= 4 is 23.1 Å². The Morgan fingerprint density at radius 2 is 2.16 bits per heavy atom.